The summed E-state index contributed by atoms with van der Waals surface area (Å²) in [6.07, 6.45) is 0. The van der Waals surface area contributed by atoms with Crippen molar-refractivity contribution in [2.24, 2.45) is 0 Å². The van der Waals surface area contributed by atoms with E-state index in [4.69, 9.17) is 23.2 Å². The summed E-state index contributed by atoms with van der Waals surface area (Å²) in [7, 11) is -3.79. The summed E-state index contributed by atoms with van der Waals surface area (Å²) in [6.45, 7) is 0. The van der Waals surface area contributed by atoms with Gasteiger partial charge >= 0.3 is 0 Å². The largest absolute Gasteiger partial charge is 0.321 e. The average Bonchev–Trinajstić information content (AvgIpc) is 3.05. The number of rotatable bonds is 5. The predicted molar refractivity (Wildman–Crippen MR) is 123 cm³/mol. The molecule has 1 aromatic heterocycles. The molecule has 1 heterocycles. The minimum absolute atomic E-state index is 0.0559. The Kier molecular flexibility index (Phi) is 5.71. The molecule has 0 aliphatic heterocycles. The van der Waals surface area contributed by atoms with Crippen LogP contribution in [0.3, 0.4) is 0 Å². The van der Waals surface area contributed by atoms with Crippen molar-refractivity contribution in [2.75, 3.05) is 10.0 Å². The highest BCUT2D eigenvalue weighted by atomic mass is 35.5. The molecule has 5 nitrogen and oxygen atoms in total. The van der Waals surface area contributed by atoms with Gasteiger partial charge in [0.15, 0.2) is 0 Å². The lowest BCUT2D eigenvalue weighted by atomic mass is 10.2. The fraction of sp³-hybridized carbons (Fsp3) is 0. The quantitative estimate of drug-likeness (QED) is 0.356. The van der Waals surface area contributed by atoms with Crippen molar-refractivity contribution < 1.29 is 13.2 Å². The van der Waals surface area contributed by atoms with Crippen LogP contribution in [-0.2, 0) is 10.0 Å². The van der Waals surface area contributed by atoms with E-state index in [1.54, 1.807) is 18.2 Å². The molecule has 0 saturated heterocycles. The van der Waals surface area contributed by atoms with Gasteiger partial charge in [-0.3, -0.25) is 9.52 Å². The highest BCUT2D eigenvalue weighted by Crippen LogP contribution is 2.35. The van der Waals surface area contributed by atoms with Gasteiger partial charge in [-0.15, -0.1) is 11.3 Å². The monoisotopic (exact) mass is 476 g/mol. The van der Waals surface area contributed by atoms with Gasteiger partial charge in [0.05, 0.1) is 15.6 Å². The first kappa shape index (κ1) is 20.7. The second kappa shape index (κ2) is 8.28. The van der Waals surface area contributed by atoms with Crippen LogP contribution in [0.15, 0.2) is 77.7 Å². The molecule has 1 amide bonds. The third-order valence-electron chi connectivity index (χ3n) is 4.24. The van der Waals surface area contributed by atoms with Gasteiger partial charge in [-0.25, -0.2) is 8.42 Å². The molecule has 0 unspecified atom stereocenters. The van der Waals surface area contributed by atoms with Gasteiger partial charge in [-0.1, -0.05) is 47.5 Å². The van der Waals surface area contributed by atoms with Crippen molar-refractivity contribution in [3.63, 3.8) is 0 Å². The first-order chi connectivity index (χ1) is 14.3. The number of fused-ring (bicyclic) bond motifs is 1. The molecule has 4 rings (SSSR count). The summed E-state index contributed by atoms with van der Waals surface area (Å²) < 4.78 is 28.5. The van der Waals surface area contributed by atoms with Gasteiger partial charge in [0, 0.05) is 20.8 Å². The van der Waals surface area contributed by atoms with Crippen LogP contribution in [-0.4, -0.2) is 14.3 Å². The van der Waals surface area contributed by atoms with E-state index in [-0.39, 0.29) is 10.8 Å². The molecule has 0 aliphatic carbocycles. The van der Waals surface area contributed by atoms with Gasteiger partial charge < -0.3 is 5.32 Å². The summed E-state index contributed by atoms with van der Waals surface area (Å²) in [5.41, 5.74) is 0.814. The smallest absolute Gasteiger partial charge is 0.267 e. The lowest BCUT2D eigenvalue weighted by molar-refractivity contribution is 0.103. The molecule has 3 aromatic carbocycles. The number of sulfonamides is 1. The van der Waals surface area contributed by atoms with Crippen LogP contribution in [0.5, 0.6) is 0 Å². The lowest BCUT2D eigenvalue weighted by Gasteiger charge is -2.09. The van der Waals surface area contributed by atoms with Crippen LogP contribution in [0.25, 0.3) is 10.1 Å². The lowest BCUT2D eigenvalue weighted by Crippen LogP contribution is -2.14. The number of carbonyl (C=O) groups excluding carboxylic acids is 1. The van der Waals surface area contributed by atoms with E-state index < -0.39 is 10.0 Å². The Morgan fingerprint density at radius 2 is 1.60 bits per heavy atom. The molecule has 0 fully saturated rings. The number of benzene rings is 3. The highest BCUT2D eigenvalue weighted by molar-refractivity contribution is 7.92. The zero-order valence-corrected chi connectivity index (χ0v) is 18.4. The zero-order chi connectivity index (χ0) is 21.3. The second-order valence-electron chi connectivity index (χ2n) is 6.34. The highest BCUT2D eigenvalue weighted by Gasteiger charge is 2.18. The Bertz CT molecular complexity index is 1350. The van der Waals surface area contributed by atoms with Crippen LogP contribution in [0.1, 0.15) is 9.67 Å². The Balaban J connectivity index is 1.51. The Morgan fingerprint density at radius 3 is 2.30 bits per heavy atom. The van der Waals surface area contributed by atoms with E-state index in [1.165, 1.54) is 41.7 Å². The van der Waals surface area contributed by atoms with E-state index >= 15 is 0 Å². The molecular weight excluding hydrogens is 463 g/mol. The van der Waals surface area contributed by atoms with Crippen molar-refractivity contribution in [1.82, 2.24) is 0 Å². The zero-order valence-electron chi connectivity index (χ0n) is 15.2. The fourth-order valence-electron chi connectivity index (χ4n) is 2.83. The van der Waals surface area contributed by atoms with Gasteiger partial charge in [-0.2, -0.15) is 0 Å². The number of carbonyl (C=O) groups is 1. The first-order valence-corrected chi connectivity index (χ1v) is 11.8. The molecule has 4 aromatic rings. The van der Waals surface area contributed by atoms with Crippen molar-refractivity contribution in [2.45, 2.75) is 4.90 Å². The van der Waals surface area contributed by atoms with Crippen molar-refractivity contribution in [3.8, 4) is 0 Å². The Labute approximate surface area is 187 Å². The normalized spacial score (nSPS) is 11.4. The minimum Gasteiger partial charge on any atom is -0.321 e. The molecule has 2 N–H and O–H groups in total. The maximum Gasteiger partial charge on any atom is 0.267 e. The van der Waals surface area contributed by atoms with Crippen molar-refractivity contribution in [1.29, 1.82) is 0 Å². The summed E-state index contributed by atoms with van der Waals surface area (Å²) >= 11 is 13.5. The van der Waals surface area contributed by atoms with Crippen molar-refractivity contribution >= 4 is 71.9 Å². The summed E-state index contributed by atoms with van der Waals surface area (Å²) in [4.78, 5) is 13.1. The molecule has 0 aliphatic rings. The Hall–Kier alpha value is -2.58. The van der Waals surface area contributed by atoms with E-state index in [0.717, 1.165) is 10.1 Å². The van der Waals surface area contributed by atoms with Gasteiger partial charge in [-0.05, 0) is 48.5 Å². The third-order valence-corrected chi connectivity index (χ3v) is 7.55. The summed E-state index contributed by atoms with van der Waals surface area (Å²) in [5.74, 6) is -0.353. The van der Waals surface area contributed by atoms with E-state index in [1.807, 2.05) is 24.3 Å². The number of amides is 1. The van der Waals surface area contributed by atoms with Gasteiger partial charge in [0.25, 0.3) is 15.9 Å². The SMILES string of the molecule is O=C(Nc1ccc(S(=O)(=O)Nc2cccc(Cl)c2)cc1)c1sc2ccccc2c1Cl. The number of thiophene rings is 1. The van der Waals surface area contributed by atoms with Crippen LogP contribution in [0, 0.1) is 0 Å². The predicted octanol–water partition coefficient (Wildman–Crippen LogP) is 6.26. The summed E-state index contributed by atoms with van der Waals surface area (Å²) in [6, 6.07) is 19.8. The van der Waals surface area contributed by atoms with Crippen LogP contribution >= 0.6 is 34.5 Å². The molecule has 30 heavy (non-hydrogen) atoms. The molecule has 0 spiro atoms. The second-order valence-corrected chi connectivity index (χ2v) is 9.88. The number of nitrogens with one attached hydrogen (secondary N) is 2. The molecule has 0 radical (unpaired) electrons. The molecule has 152 valence electrons. The molecule has 0 bridgehead atoms. The fourth-order valence-corrected chi connectivity index (χ4v) is 5.48. The van der Waals surface area contributed by atoms with E-state index in [9.17, 15) is 13.2 Å². The van der Waals surface area contributed by atoms with Crippen LogP contribution in [0.4, 0.5) is 11.4 Å². The maximum absolute atomic E-state index is 12.6. The third kappa shape index (κ3) is 4.29. The minimum atomic E-state index is -3.79. The number of hydrogen-bond acceptors (Lipinski definition) is 4. The average molecular weight is 477 g/mol. The topological polar surface area (TPSA) is 75.3 Å². The van der Waals surface area contributed by atoms with Gasteiger partial charge in [0.1, 0.15) is 4.88 Å². The number of anilines is 2. The first-order valence-electron chi connectivity index (χ1n) is 8.70. The van der Waals surface area contributed by atoms with Crippen LogP contribution < -0.4 is 10.0 Å². The summed E-state index contributed by atoms with van der Waals surface area (Å²) in [5, 5.41) is 4.40. The molecule has 0 atom stereocenters. The van der Waals surface area contributed by atoms with Crippen molar-refractivity contribution in [3.05, 3.63) is 87.7 Å². The molecule has 0 saturated carbocycles. The standard InChI is InChI=1S/C21H14Cl2N2O3S2/c22-13-4-3-5-15(12-13)25-30(27,28)16-10-8-14(9-11-16)24-21(26)20-19(23)17-6-1-2-7-18(17)29-20/h1-12,25H,(H,24,26). The molecule has 9 heteroatoms. The number of halogens is 2. The van der Waals surface area contributed by atoms with Gasteiger partial charge in [0.2, 0.25) is 0 Å². The van der Waals surface area contributed by atoms with Crippen LogP contribution in [0.2, 0.25) is 10.0 Å². The molecular formula is C21H14Cl2N2O3S2. The number of hydrogen-bond donors (Lipinski definition) is 2. The Morgan fingerprint density at radius 1 is 0.867 bits per heavy atom. The van der Waals surface area contributed by atoms with E-state index in [2.05, 4.69) is 10.0 Å². The maximum atomic E-state index is 12.6. The van der Waals surface area contributed by atoms with E-state index in [0.29, 0.717) is 26.3 Å².